The van der Waals surface area contributed by atoms with Gasteiger partial charge in [-0.1, -0.05) is 24.3 Å². The molecule has 0 aliphatic carbocycles. The fraction of sp³-hybridized carbons (Fsp3) is 0.364. The first-order chi connectivity index (χ1) is 13.6. The lowest BCUT2D eigenvalue weighted by Gasteiger charge is -2.29. The van der Waals surface area contributed by atoms with Gasteiger partial charge in [-0.2, -0.15) is 5.10 Å². The minimum absolute atomic E-state index is 0.0867. The smallest absolute Gasteiger partial charge is 0.162 e. The van der Waals surface area contributed by atoms with Crippen molar-refractivity contribution in [2.75, 3.05) is 33.9 Å². The summed E-state index contributed by atoms with van der Waals surface area (Å²) in [4.78, 5) is 7.15. The van der Waals surface area contributed by atoms with Gasteiger partial charge < -0.3 is 14.4 Å². The van der Waals surface area contributed by atoms with Crippen molar-refractivity contribution in [1.29, 1.82) is 0 Å². The van der Waals surface area contributed by atoms with Crippen molar-refractivity contribution in [1.82, 2.24) is 19.7 Å². The largest absolute Gasteiger partial charge is 0.497 e. The predicted octanol–water partition coefficient (Wildman–Crippen LogP) is 3.18. The standard InChI is InChI=1S/C22H26N4O2/c1-16-5-4-6-18(13-16)26-22(20-15-25(2)11-12-28-20)23-21(24-26)14-17-7-9-19(27-3)10-8-17/h4-10,13,20H,11-12,14-15H2,1-3H3. The van der Waals surface area contributed by atoms with Gasteiger partial charge in [0.1, 0.15) is 11.9 Å². The first-order valence-corrected chi connectivity index (χ1v) is 9.58. The SMILES string of the molecule is COc1ccc(Cc2nc(C3CN(C)CCO3)n(-c3cccc(C)c3)n2)cc1. The Morgan fingerprint density at radius 2 is 2.00 bits per heavy atom. The number of aryl methyl sites for hydroxylation is 1. The fourth-order valence-electron chi connectivity index (χ4n) is 3.46. The van der Waals surface area contributed by atoms with Crippen molar-refractivity contribution in [2.24, 2.45) is 0 Å². The minimum atomic E-state index is -0.0867. The molecule has 1 aliphatic rings. The molecule has 0 saturated carbocycles. The summed E-state index contributed by atoms with van der Waals surface area (Å²) in [6.45, 7) is 4.54. The van der Waals surface area contributed by atoms with Crippen LogP contribution in [0.1, 0.15) is 28.9 Å². The van der Waals surface area contributed by atoms with Gasteiger partial charge in [0.15, 0.2) is 11.6 Å². The third-order valence-corrected chi connectivity index (χ3v) is 5.00. The molecule has 6 heteroatoms. The Bertz CT molecular complexity index is 936. The van der Waals surface area contributed by atoms with E-state index in [0.717, 1.165) is 41.7 Å². The van der Waals surface area contributed by atoms with Crippen LogP contribution in [0.15, 0.2) is 48.5 Å². The number of hydrogen-bond donors (Lipinski definition) is 0. The summed E-state index contributed by atoms with van der Waals surface area (Å²) in [7, 11) is 3.79. The van der Waals surface area contributed by atoms with E-state index < -0.39 is 0 Å². The Balaban J connectivity index is 1.68. The molecule has 0 N–H and O–H groups in total. The van der Waals surface area contributed by atoms with Crippen LogP contribution >= 0.6 is 0 Å². The second-order valence-electron chi connectivity index (χ2n) is 7.28. The van der Waals surface area contributed by atoms with E-state index in [0.29, 0.717) is 13.0 Å². The number of morpholine rings is 1. The molecule has 2 heterocycles. The van der Waals surface area contributed by atoms with E-state index in [9.17, 15) is 0 Å². The van der Waals surface area contributed by atoms with Crippen LogP contribution in [-0.4, -0.2) is 53.5 Å². The number of hydrogen-bond acceptors (Lipinski definition) is 5. The lowest BCUT2D eigenvalue weighted by Crippen LogP contribution is -2.36. The summed E-state index contributed by atoms with van der Waals surface area (Å²) < 4.78 is 13.2. The molecule has 1 aliphatic heterocycles. The molecule has 0 amide bonds. The summed E-state index contributed by atoms with van der Waals surface area (Å²) in [5.74, 6) is 2.50. The first kappa shape index (κ1) is 18.7. The van der Waals surface area contributed by atoms with Gasteiger partial charge in [0, 0.05) is 19.5 Å². The van der Waals surface area contributed by atoms with Gasteiger partial charge in [-0.05, 0) is 49.4 Å². The maximum atomic E-state index is 6.04. The summed E-state index contributed by atoms with van der Waals surface area (Å²) >= 11 is 0. The lowest BCUT2D eigenvalue weighted by atomic mass is 10.1. The lowest BCUT2D eigenvalue weighted by molar-refractivity contribution is -0.0265. The normalized spacial score (nSPS) is 17.6. The summed E-state index contributed by atoms with van der Waals surface area (Å²) in [6.07, 6.45) is 0.578. The Kier molecular flexibility index (Phi) is 5.41. The zero-order chi connectivity index (χ0) is 19.5. The highest BCUT2D eigenvalue weighted by Gasteiger charge is 2.26. The van der Waals surface area contributed by atoms with E-state index in [2.05, 4.69) is 49.2 Å². The summed E-state index contributed by atoms with van der Waals surface area (Å²) in [5, 5.41) is 4.84. The van der Waals surface area contributed by atoms with Crippen molar-refractivity contribution >= 4 is 0 Å². The third-order valence-electron chi connectivity index (χ3n) is 5.00. The average molecular weight is 378 g/mol. The highest BCUT2D eigenvalue weighted by Crippen LogP contribution is 2.24. The maximum absolute atomic E-state index is 6.04. The van der Waals surface area contributed by atoms with E-state index in [1.807, 2.05) is 22.9 Å². The topological polar surface area (TPSA) is 52.4 Å². The van der Waals surface area contributed by atoms with Crippen LogP contribution in [0.3, 0.4) is 0 Å². The van der Waals surface area contributed by atoms with E-state index in [1.54, 1.807) is 7.11 Å². The second-order valence-corrected chi connectivity index (χ2v) is 7.28. The molecule has 0 spiro atoms. The first-order valence-electron chi connectivity index (χ1n) is 9.58. The molecule has 6 nitrogen and oxygen atoms in total. The Morgan fingerprint density at radius 1 is 1.18 bits per heavy atom. The number of ether oxygens (including phenoxy) is 2. The van der Waals surface area contributed by atoms with Crippen molar-refractivity contribution in [3.05, 3.63) is 71.3 Å². The van der Waals surface area contributed by atoms with Gasteiger partial charge in [-0.25, -0.2) is 9.67 Å². The Morgan fingerprint density at radius 3 is 2.71 bits per heavy atom. The quantitative estimate of drug-likeness (QED) is 0.683. The predicted molar refractivity (Wildman–Crippen MR) is 108 cm³/mol. The zero-order valence-electron chi connectivity index (χ0n) is 16.6. The summed E-state index contributed by atoms with van der Waals surface area (Å²) in [5.41, 5.74) is 3.35. The molecule has 146 valence electrons. The molecular weight excluding hydrogens is 352 g/mol. The molecule has 1 saturated heterocycles. The van der Waals surface area contributed by atoms with E-state index >= 15 is 0 Å². The number of benzene rings is 2. The van der Waals surface area contributed by atoms with Crippen LogP contribution < -0.4 is 4.74 Å². The van der Waals surface area contributed by atoms with Gasteiger partial charge in [0.25, 0.3) is 0 Å². The van der Waals surface area contributed by atoms with Gasteiger partial charge in [0.05, 0.1) is 19.4 Å². The molecule has 2 aromatic carbocycles. The van der Waals surface area contributed by atoms with Gasteiger partial charge in [0.2, 0.25) is 0 Å². The molecule has 1 fully saturated rings. The number of methoxy groups -OCH3 is 1. The van der Waals surface area contributed by atoms with Crippen molar-refractivity contribution in [3.8, 4) is 11.4 Å². The number of rotatable bonds is 5. The van der Waals surface area contributed by atoms with E-state index in [4.69, 9.17) is 19.6 Å². The van der Waals surface area contributed by atoms with Crippen LogP contribution in [0.5, 0.6) is 5.75 Å². The fourth-order valence-corrected chi connectivity index (χ4v) is 3.46. The molecular formula is C22H26N4O2. The van der Waals surface area contributed by atoms with Crippen LogP contribution in [0.2, 0.25) is 0 Å². The van der Waals surface area contributed by atoms with E-state index in [1.165, 1.54) is 5.56 Å². The van der Waals surface area contributed by atoms with Crippen LogP contribution in [-0.2, 0) is 11.2 Å². The third kappa shape index (κ3) is 4.08. The minimum Gasteiger partial charge on any atom is -0.497 e. The number of aromatic nitrogens is 3. The van der Waals surface area contributed by atoms with Crippen molar-refractivity contribution in [2.45, 2.75) is 19.4 Å². The van der Waals surface area contributed by atoms with E-state index in [-0.39, 0.29) is 6.10 Å². The van der Waals surface area contributed by atoms with Crippen molar-refractivity contribution < 1.29 is 9.47 Å². The molecule has 1 aromatic heterocycles. The average Bonchev–Trinajstić information content (AvgIpc) is 3.12. The van der Waals surface area contributed by atoms with Crippen LogP contribution in [0, 0.1) is 6.92 Å². The zero-order valence-corrected chi connectivity index (χ0v) is 16.6. The van der Waals surface area contributed by atoms with Crippen LogP contribution in [0.4, 0.5) is 0 Å². The molecule has 1 unspecified atom stereocenters. The molecule has 4 rings (SSSR count). The molecule has 1 atom stereocenters. The molecule has 28 heavy (non-hydrogen) atoms. The Hall–Kier alpha value is -2.70. The van der Waals surface area contributed by atoms with Gasteiger partial charge >= 0.3 is 0 Å². The monoisotopic (exact) mass is 378 g/mol. The molecule has 3 aromatic rings. The second kappa shape index (κ2) is 8.12. The van der Waals surface area contributed by atoms with Crippen LogP contribution in [0.25, 0.3) is 5.69 Å². The number of likely N-dealkylation sites (N-methyl/N-ethyl adjacent to an activating group) is 1. The molecule has 0 radical (unpaired) electrons. The maximum Gasteiger partial charge on any atom is 0.162 e. The molecule has 0 bridgehead atoms. The number of nitrogens with zero attached hydrogens (tertiary/aromatic N) is 4. The van der Waals surface area contributed by atoms with Gasteiger partial charge in [-0.3, -0.25) is 0 Å². The summed E-state index contributed by atoms with van der Waals surface area (Å²) in [6, 6.07) is 16.4. The highest BCUT2D eigenvalue weighted by atomic mass is 16.5. The van der Waals surface area contributed by atoms with Gasteiger partial charge in [-0.15, -0.1) is 0 Å². The highest BCUT2D eigenvalue weighted by molar-refractivity contribution is 5.36. The van der Waals surface area contributed by atoms with Crippen molar-refractivity contribution in [3.63, 3.8) is 0 Å². The Labute approximate surface area is 165 Å².